The molecule has 0 aromatic heterocycles. The first kappa shape index (κ1) is 29.7. The predicted octanol–water partition coefficient (Wildman–Crippen LogP) is 9.54. The molecule has 0 amide bonds. The Hall–Kier alpha value is -6.40. The lowest BCUT2D eigenvalue weighted by atomic mass is 10.0. The van der Waals surface area contributed by atoms with Crippen molar-refractivity contribution in [2.75, 3.05) is 9.80 Å². The highest BCUT2D eigenvalue weighted by Gasteiger charge is 2.20. The second-order valence-electron chi connectivity index (χ2n) is 10.5. The Morgan fingerprint density at radius 1 is 0.304 bits per heavy atom. The largest absolute Gasteiger partial charge is 0.309 e. The van der Waals surface area contributed by atoms with Crippen molar-refractivity contribution >= 4 is 59.3 Å². The minimum absolute atomic E-state index is 0.500. The average molecular weight is 601 g/mol. The fourth-order valence-corrected chi connectivity index (χ4v) is 5.59. The van der Waals surface area contributed by atoms with E-state index in [1.807, 2.05) is 107 Å². The average Bonchev–Trinajstić information content (AvgIpc) is 3.13. The molecule has 0 atom stereocenters. The summed E-state index contributed by atoms with van der Waals surface area (Å²) in [6.07, 6.45) is 3.25. The summed E-state index contributed by atoms with van der Waals surface area (Å²) in [4.78, 5) is 51.7. The topological polar surface area (TPSA) is 74.8 Å². The van der Waals surface area contributed by atoms with E-state index in [1.165, 1.54) is 0 Å². The van der Waals surface area contributed by atoms with Crippen LogP contribution >= 0.6 is 0 Å². The minimum Gasteiger partial charge on any atom is -0.309 e. The Morgan fingerprint density at radius 2 is 0.543 bits per heavy atom. The summed E-state index contributed by atoms with van der Waals surface area (Å²) in [6, 6.07) is 44.9. The quantitative estimate of drug-likeness (QED) is 0.138. The first-order chi connectivity index (χ1) is 22.7. The Balaban J connectivity index is 1.39. The summed E-state index contributed by atoms with van der Waals surface area (Å²) in [5.74, 6) is 0. The summed E-state index contributed by atoms with van der Waals surface area (Å²) in [5.41, 5.74) is 8.12. The van der Waals surface area contributed by atoms with Crippen molar-refractivity contribution in [1.29, 1.82) is 0 Å². The first-order valence-electron chi connectivity index (χ1n) is 14.6. The number of nitrogens with zero attached hydrogens (tertiary/aromatic N) is 2. The molecule has 222 valence electrons. The van der Waals surface area contributed by atoms with E-state index in [9.17, 15) is 19.2 Å². The highest BCUT2D eigenvalue weighted by atomic mass is 16.1. The lowest BCUT2D eigenvalue weighted by molar-refractivity contribution is 0.111. The molecule has 0 aliphatic heterocycles. The van der Waals surface area contributed by atoms with Crippen LogP contribution in [-0.4, -0.2) is 25.1 Å². The van der Waals surface area contributed by atoms with Gasteiger partial charge in [-0.3, -0.25) is 19.2 Å². The summed E-state index contributed by atoms with van der Waals surface area (Å²) >= 11 is 0. The normalized spacial score (nSPS) is 10.5. The zero-order chi connectivity index (χ0) is 31.9. The molecule has 0 saturated carbocycles. The number of anilines is 6. The maximum Gasteiger partial charge on any atom is 0.152 e. The molecule has 0 spiro atoms. The van der Waals surface area contributed by atoms with Gasteiger partial charge >= 0.3 is 0 Å². The summed E-state index contributed by atoms with van der Waals surface area (Å²) < 4.78 is 0. The molecule has 6 heteroatoms. The lowest BCUT2D eigenvalue weighted by Gasteiger charge is -2.28. The molecule has 46 heavy (non-hydrogen) atoms. The number of aldehydes is 4. The van der Waals surface area contributed by atoms with Crippen LogP contribution in [0.1, 0.15) is 41.4 Å². The van der Waals surface area contributed by atoms with E-state index in [2.05, 4.69) is 0 Å². The van der Waals surface area contributed by atoms with Crippen LogP contribution in [0.25, 0.3) is 11.1 Å². The van der Waals surface area contributed by atoms with E-state index >= 15 is 0 Å². The number of para-hydroxylation sites is 4. The van der Waals surface area contributed by atoms with Gasteiger partial charge in [-0.15, -0.1) is 0 Å². The van der Waals surface area contributed by atoms with Crippen LogP contribution in [0.15, 0.2) is 146 Å². The number of hydrogen-bond donors (Lipinski definition) is 0. The van der Waals surface area contributed by atoms with Gasteiger partial charge in [-0.1, -0.05) is 72.8 Å². The van der Waals surface area contributed by atoms with Crippen LogP contribution in [0, 0.1) is 0 Å². The lowest BCUT2D eigenvalue weighted by Crippen LogP contribution is -2.14. The second-order valence-corrected chi connectivity index (χ2v) is 10.5. The van der Waals surface area contributed by atoms with Gasteiger partial charge in [-0.25, -0.2) is 0 Å². The third kappa shape index (κ3) is 5.75. The Labute approximate surface area is 266 Å². The smallest absolute Gasteiger partial charge is 0.152 e. The van der Waals surface area contributed by atoms with Crippen molar-refractivity contribution in [3.05, 3.63) is 168 Å². The number of carbonyl (C=O) groups excluding carboxylic acids is 4. The van der Waals surface area contributed by atoms with Gasteiger partial charge in [0.2, 0.25) is 0 Å². The molecular weight excluding hydrogens is 572 g/mol. The molecule has 6 nitrogen and oxygen atoms in total. The first-order valence-corrected chi connectivity index (χ1v) is 14.6. The summed E-state index contributed by atoms with van der Waals surface area (Å²) in [6.45, 7) is 0. The highest BCUT2D eigenvalue weighted by molar-refractivity contribution is 5.97. The number of rotatable bonds is 11. The molecule has 0 heterocycles. The maximum absolute atomic E-state index is 12.0. The van der Waals surface area contributed by atoms with Gasteiger partial charge in [0.15, 0.2) is 25.1 Å². The van der Waals surface area contributed by atoms with E-state index in [0.717, 1.165) is 47.6 Å². The van der Waals surface area contributed by atoms with E-state index in [-0.39, 0.29) is 0 Å². The molecule has 0 aliphatic rings. The van der Waals surface area contributed by atoms with Gasteiger partial charge in [0.1, 0.15) is 0 Å². The van der Waals surface area contributed by atoms with Crippen LogP contribution in [0.5, 0.6) is 0 Å². The fraction of sp³-hybridized carbons (Fsp3) is 0. The van der Waals surface area contributed by atoms with Gasteiger partial charge < -0.3 is 9.80 Å². The van der Waals surface area contributed by atoms with Crippen molar-refractivity contribution in [3.8, 4) is 11.1 Å². The van der Waals surface area contributed by atoms with Crippen molar-refractivity contribution in [2.24, 2.45) is 0 Å². The van der Waals surface area contributed by atoms with E-state index in [0.29, 0.717) is 45.0 Å². The van der Waals surface area contributed by atoms with Crippen LogP contribution in [0.4, 0.5) is 34.1 Å². The highest BCUT2D eigenvalue weighted by Crippen LogP contribution is 2.40. The molecular formula is C40H28N2O4. The monoisotopic (exact) mass is 600 g/mol. The molecule has 0 saturated heterocycles. The molecule has 0 unspecified atom stereocenters. The van der Waals surface area contributed by atoms with Crippen molar-refractivity contribution in [1.82, 2.24) is 0 Å². The van der Waals surface area contributed by atoms with Crippen molar-refractivity contribution in [3.63, 3.8) is 0 Å². The van der Waals surface area contributed by atoms with E-state index < -0.39 is 0 Å². The zero-order valence-electron chi connectivity index (χ0n) is 24.7. The third-order valence-corrected chi connectivity index (χ3v) is 7.80. The van der Waals surface area contributed by atoms with E-state index in [1.54, 1.807) is 48.5 Å². The second kappa shape index (κ2) is 13.5. The number of benzene rings is 6. The van der Waals surface area contributed by atoms with Gasteiger partial charge in [0.25, 0.3) is 0 Å². The number of carbonyl (C=O) groups is 4. The molecule has 0 N–H and O–H groups in total. The van der Waals surface area contributed by atoms with Gasteiger partial charge in [-0.05, 0) is 83.9 Å². The van der Waals surface area contributed by atoms with Crippen LogP contribution < -0.4 is 9.80 Å². The zero-order valence-corrected chi connectivity index (χ0v) is 24.7. The SMILES string of the molecule is O=Cc1ccccc1N(c1ccc(-c2ccc(N(c3ccccc3C=O)c3ccccc3C=O)cc2)cc1)c1ccccc1C=O. The van der Waals surface area contributed by atoms with Crippen LogP contribution in [0.2, 0.25) is 0 Å². The van der Waals surface area contributed by atoms with Crippen molar-refractivity contribution in [2.45, 2.75) is 0 Å². The van der Waals surface area contributed by atoms with Gasteiger partial charge in [0.05, 0.1) is 22.7 Å². The van der Waals surface area contributed by atoms with E-state index in [4.69, 9.17) is 0 Å². The standard InChI is InChI=1S/C40H28N2O4/c43-25-31-9-1-5-13-37(31)41(38-14-6-2-10-32(38)26-44)35-21-17-29(18-22-35)30-19-23-36(24-20-30)42(39-15-7-3-11-33(39)27-45)40-16-8-4-12-34(40)28-46/h1-28H. The maximum atomic E-state index is 12.0. The number of hydrogen-bond acceptors (Lipinski definition) is 6. The third-order valence-electron chi connectivity index (χ3n) is 7.80. The Morgan fingerprint density at radius 3 is 0.783 bits per heavy atom. The molecule has 6 aromatic carbocycles. The summed E-state index contributed by atoms with van der Waals surface area (Å²) in [5, 5.41) is 0. The Bertz CT molecular complexity index is 1780. The Kier molecular flexibility index (Phi) is 8.70. The van der Waals surface area contributed by atoms with Crippen molar-refractivity contribution < 1.29 is 19.2 Å². The molecule has 6 aromatic rings. The van der Waals surface area contributed by atoms with Crippen LogP contribution in [-0.2, 0) is 0 Å². The molecule has 0 fully saturated rings. The molecule has 6 rings (SSSR count). The fourth-order valence-electron chi connectivity index (χ4n) is 5.59. The molecule has 0 radical (unpaired) electrons. The van der Waals surface area contributed by atoms with Gasteiger partial charge in [-0.2, -0.15) is 0 Å². The predicted molar refractivity (Wildman–Crippen MR) is 183 cm³/mol. The summed E-state index contributed by atoms with van der Waals surface area (Å²) in [7, 11) is 0. The van der Waals surface area contributed by atoms with Gasteiger partial charge in [0, 0.05) is 33.6 Å². The minimum atomic E-state index is 0.500. The molecule has 0 aliphatic carbocycles. The van der Waals surface area contributed by atoms with Crippen LogP contribution in [0.3, 0.4) is 0 Å². The molecule has 0 bridgehead atoms.